The van der Waals surface area contributed by atoms with Crippen LogP contribution >= 0.6 is 0 Å². The molecule has 0 aliphatic heterocycles. The zero-order chi connectivity index (χ0) is 16.6. The number of aliphatic hydroxyl groups excluding tert-OH is 1. The van der Waals surface area contributed by atoms with Crippen LogP contribution in [0.15, 0.2) is 24.3 Å². The van der Waals surface area contributed by atoms with Gasteiger partial charge in [0.1, 0.15) is 0 Å². The molecular formula is C15H21F3N2O2. The summed E-state index contributed by atoms with van der Waals surface area (Å²) in [4.78, 5) is 11.8. The molecule has 3 N–H and O–H groups in total. The zero-order valence-electron chi connectivity index (χ0n) is 12.4. The van der Waals surface area contributed by atoms with Gasteiger partial charge in [0.2, 0.25) is 0 Å². The highest BCUT2D eigenvalue weighted by Gasteiger charge is 2.27. The summed E-state index contributed by atoms with van der Waals surface area (Å²) in [5, 5.41) is 14.0. The van der Waals surface area contributed by atoms with Crippen molar-refractivity contribution in [3.63, 3.8) is 0 Å². The standard InChI is InChI=1S/C15H21F3N2O2/c1-11(5-4-10-21)19-14(22)20-13-7-3-2-6-12(13)8-9-15(16,17)18/h2-3,6-7,11,21H,4-5,8-10H2,1H3,(H2,19,20,22). The van der Waals surface area contributed by atoms with E-state index in [4.69, 9.17) is 5.11 Å². The number of nitrogens with one attached hydrogen (secondary N) is 2. The van der Waals surface area contributed by atoms with E-state index in [-0.39, 0.29) is 19.1 Å². The molecule has 0 aliphatic carbocycles. The monoisotopic (exact) mass is 318 g/mol. The number of rotatable bonds is 7. The summed E-state index contributed by atoms with van der Waals surface area (Å²) in [6, 6.07) is 5.83. The number of carbonyl (C=O) groups is 1. The molecule has 7 heteroatoms. The van der Waals surface area contributed by atoms with Crippen LogP contribution in [0.1, 0.15) is 31.7 Å². The van der Waals surface area contributed by atoms with Crippen LogP contribution in [-0.4, -0.2) is 30.0 Å². The van der Waals surface area contributed by atoms with Crippen molar-refractivity contribution in [3.8, 4) is 0 Å². The van der Waals surface area contributed by atoms with Crippen molar-refractivity contribution in [2.45, 2.75) is 44.8 Å². The molecule has 0 aliphatic rings. The van der Waals surface area contributed by atoms with Crippen molar-refractivity contribution < 1.29 is 23.1 Å². The lowest BCUT2D eigenvalue weighted by Gasteiger charge is -2.16. The topological polar surface area (TPSA) is 61.4 Å². The third-order valence-electron chi connectivity index (χ3n) is 3.12. The van der Waals surface area contributed by atoms with E-state index >= 15 is 0 Å². The number of alkyl halides is 3. The van der Waals surface area contributed by atoms with Gasteiger partial charge >= 0.3 is 12.2 Å². The van der Waals surface area contributed by atoms with Crippen molar-refractivity contribution in [1.29, 1.82) is 0 Å². The second-order valence-corrected chi connectivity index (χ2v) is 5.14. The molecule has 0 spiro atoms. The maximum atomic E-state index is 12.3. The fourth-order valence-corrected chi connectivity index (χ4v) is 1.99. The van der Waals surface area contributed by atoms with E-state index < -0.39 is 18.6 Å². The molecule has 22 heavy (non-hydrogen) atoms. The number of carbonyl (C=O) groups excluding carboxylic acids is 1. The zero-order valence-corrected chi connectivity index (χ0v) is 12.4. The summed E-state index contributed by atoms with van der Waals surface area (Å²) in [5.74, 6) is 0. The number of amides is 2. The first-order valence-electron chi connectivity index (χ1n) is 7.15. The minimum Gasteiger partial charge on any atom is -0.396 e. The quantitative estimate of drug-likeness (QED) is 0.721. The molecule has 1 rings (SSSR count). The van der Waals surface area contributed by atoms with E-state index in [1.54, 1.807) is 31.2 Å². The van der Waals surface area contributed by atoms with E-state index in [0.717, 1.165) is 0 Å². The highest BCUT2D eigenvalue weighted by molar-refractivity contribution is 5.90. The van der Waals surface area contributed by atoms with Crippen LogP contribution in [0, 0.1) is 0 Å². The Morgan fingerprint density at radius 3 is 2.64 bits per heavy atom. The Kier molecular flexibility index (Phi) is 7.17. The summed E-state index contributed by atoms with van der Waals surface area (Å²) in [6.45, 7) is 1.85. The maximum Gasteiger partial charge on any atom is 0.389 e. The number of hydrogen-bond donors (Lipinski definition) is 3. The molecule has 4 nitrogen and oxygen atoms in total. The Bertz CT molecular complexity index is 478. The number of halogens is 3. The summed E-state index contributed by atoms with van der Waals surface area (Å²) in [6.07, 6.45) is -4.14. The Morgan fingerprint density at radius 1 is 1.32 bits per heavy atom. The van der Waals surface area contributed by atoms with Gasteiger partial charge in [0.15, 0.2) is 0 Å². The fraction of sp³-hybridized carbons (Fsp3) is 0.533. The molecule has 1 aromatic rings. The fourth-order valence-electron chi connectivity index (χ4n) is 1.99. The van der Waals surface area contributed by atoms with Gasteiger partial charge in [-0.05, 0) is 37.8 Å². The van der Waals surface area contributed by atoms with Crippen molar-refractivity contribution >= 4 is 11.7 Å². The van der Waals surface area contributed by atoms with Gasteiger partial charge in [-0.15, -0.1) is 0 Å². The second-order valence-electron chi connectivity index (χ2n) is 5.14. The van der Waals surface area contributed by atoms with E-state index in [9.17, 15) is 18.0 Å². The summed E-state index contributed by atoms with van der Waals surface area (Å²) in [7, 11) is 0. The minimum absolute atomic E-state index is 0.0495. The SMILES string of the molecule is CC(CCCO)NC(=O)Nc1ccccc1CCC(F)(F)F. The number of benzene rings is 1. The van der Waals surface area contributed by atoms with Gasteiger partial charge < -0.3 is 15.7 Å². The minimum atomic E-state index is -4.23. The van der Waals surface area contributed by atoms with E-state index in [0.29, 0.717) is 24.1 Å². The molecule has 0 heterocycles. The van der Waals surface area contributed by atoms with Crippen LogP contribution < -0.4 is 10.6 Å². The molecular weight excluding hydrogens is 297 g/mol. The summed E-state index contributed by atoms with van der Waals surface area (Å²) < 4.78 is 36.9. The number of urea groups is 1. The average Bonchev–Trinajstić information content (AvgIpc) is 2.43. The third-order valence-corrected chi connectivity index (χ3v) is 3.12. The largest absolute Gasteiger partial charge is 0.396 e. The molecule has 0 saturated heterocycles. The maximum absolute atomic E-state index is 12.3. The molecule has 2 amide bonds. The van der Waals surface area contributed by atoms with Crippen molar-refractivity contribution in [1.82, 2.24) is 5.32 Å². The molecule has 1 unspecified atom stereocenters. The van der Waals surface area contributed by atoms with Crippen molar-refractivity contribution in [3.05, 3.63) is 29.8 Å². The molecule has 0 aromatic heterocycles. The normalized spacial score (nSPS) is 12.8. The van der Waals surface area contributed by atoms with Gasteiger partial charge in [-0.2, -0.15) is 13.2 Å². The summed E-state index contributed by atoms with van der Waals surface area (Å²) >= 11 is 0. The first-order valence-corrected chi connectivity index (χ1v) is 7.15. The molecule has 0 saturated carbocycles. The van der Waals surface area contributed by atoms with Crippen molar-refractivity contribution in [2.75, 3.05) is 11.9 Å². The lowest BCUT2D eigenvalue weighted by Crippen LogP contribution is -2.36. The van der Waals surface area contributed by atoms with Gasteiger partial charge in [-0.25, -0.2) is 4.79 Å². The third kappa shape index (κ3) is 7.31. The van der Waals surface area contributed by atoms with Crippen LogP contribution in [-0.2, 0) is 6.42 Å². The number of aliphatic hydroxyl groups is 1. The molecule has 0 fully saturated rings. The van der Waals surface area contributed by atoms with Gasteiger partial charge in [0.25, 0.3) is 0 Å². The van der Waals surface area contributed by atoms with Crippen molar-refractivity contribution in [2.24, 2.45) is 0 Å². The molecule has 0 radical (unpaired) electrons. The Morgan fingerprint density at radius 2 is 2.00 bits per heavy atom. The van der Waals surface area contributed by atoms with Crippen LogP contribution in [0.2, 0.25) is 0 Å². The summed E-state index contributed by atoms with van der Waals surface area (Å²) in [5.41, 5.74) is 0.816. The van der Waals surface area contributed by atoms with E-state index in [2.05, 4.69) is 10.6 Å². The number of anilines is 1. The van der Waals surface area contributed by atoms with Crippen LogP contribution in [0.5, 0.6) is 0 Å². The predicted octanol–water partition coefficient (Wildman–Crippen LogP) is 3.46. The van der Waals surface area contributed by atoms with E-state index in [1.807, 2.05) is 0 Å². The first-order chi connectivity index (χ1) is 10.3. The first kappa shape index (κ1) is 18.3. The Balaban J connectivity index is 2.59. The highest BCUT2D eigenvalue weighted by atomic mass is 19.4. The number of hydrogen-bond acceptors (Lipinski definition) is 2. The lowest BCUT2D eigenvalue weighted by atomic mass is 10.1. The van der Waals surface area contributed by atoms with E-state index in [1.165, 1.54) is 0 Å². The van der Waals surface area contributed by atoms with Gasteiger partial charge in [-0.1, -0.05) is 18.2 Å². The van der Waals surface area contributed by atoms with Crippen LogP contribution in [0.3, 0.4) is 0 Å². The lowest BCUT2D eigenvalue weighted by molar-refractivity contribution is -0.133. The molecule has 124 valence electrons. The molecule has 0 bridgehead atoms. The Labute approximate surface area is 127 Å². The molecule has 1 atom stereocenters. The van der Waals surface area contributed by atoms with Crippen LogP contribution in [0.4, 0.5) is 23.7 Å². The number of aryl methyl sites for hydroxylation is 1. The van der Waals surface area contributed by atoms with Gasteiger partial charge in [0.05, 0.1) is 0 Å². The smallest absolute Gasteiger partial charge is 0.389 e. The molecule has 1 aromatic carbocycles. The highest BCUT2D eigenvalue weighted by Crippen LogP contribution is 2.25. The number of para-hydroxylation sites is 1. The Hall–Kier alpha value is -1.76. The van der Waals surface area contributed by atoms with Gasteiger partial charge in [-0.3, -0.25) is 0 Å². The average molecular weight is 318 g/mol. The van der Waals surface area contributed by atoms with Gasteiger partial charge in [0, 0.05) is 24.8 Å². The predicted molar refractivity (Wildman–Crippen MR) is 78.8 cm³/mol. The van der Waals surface area contributed by atoms with Crippen LogP contribution in [0.25, 0.3) is 0 Å². The second kappa shape index (κ2) is 8.63.